The number of hydrogen-bond donors (Lipinski definition) is 1. The van der Waals surface area contributed by atoms with Crippen LogP contribution in [0.5, 0.6) is 0 Å². The van der Waals surface area contributed by atoms with Crippen LogP contribution in [0.15, 0.2) is 24.3 Å². The molecule has 0 unspecified atom stereocenters. The highest BCUT2D eigenvalue weighted by Gasteiger charge is 2.27. The van der Waals surface area contributed by atoms with E-state index in [1.807, 2.05) is 31.9 Å². The number of rotatable bonds is 7. The minimum Gasteiger partial charge on any atom is -0.478 e. The van der Waals surface area contributed by atoms with Crippen LogP contribution in [-0.2, 0) is 16.1 Å². The van der Waals surface area contributed by atoms with Gasteiger partial charge in [0.2, 0.25) is 0 Å². The normalized spacial score (nSPS) is 11.5. The molecular weight excluding hydrogens is 270 g/mol. The van der Waals surface area contributed by atoms with Gasteiger partial charge in [-0.3, -0.25) is 9.69 Å². The van der Waals surface area contributed by atoms with Crippen LogP contribution in [-0.4, -0.2) is 41.1 Å². The lowest BCUT2D eigenvalue weighted by molar-refractivity contribution is -0.145. The second-order valence-corrected chi connectivity index (χ2v) is 5.66. The average Bonchev–Trinajstić information content (AvgIpc) is 2.38. The third-order valence-corrected chi connectivity index (χ3v) is 3.51. The Morgan fingerprint density at radius 3 is 2.57 bits per heavy atom. The first-order chi connectivity index (χ1) is 9.76. The zero-order chi connectivity index (χ0) is 16.0. The molecule has 0 radical (unpaired) electrons. The molecule has 0 aliphatic heterocycles. The van der Waals surface area contributed by atoms with Crippen LogP contribution in [0.1, 0.15) is 43.1 Å². The smallest absolute Gasteiger partial charge is 0.335 e. The van der Waals surface area contributed by atoms with Gasteiger partial charge in [0.05, 0.1) is 18.6 Å². The summed E-state index contributed by atoms with van der Waals surface area (Å²) in [5.41, 5.74) is 0.796. The van der Waals surface area contributed by atoms with E-state index in [9.17, 15) is 9.59 Å². The molecule has 1 rings (SSSR count). The first-order valence-electron chi connectivity index (χ1n) is 6.95. The number of ether oxygens (including phenoxy) is 1. The molecule has 0 aromatic heterocycles. The van der Waals surface area contributed by atoms with Gasteiger partial charge < -0.3 is 9.84 Å². The van der Waals surface area contributed by atoms with Crippen molar-refractivity contribution in [1.82, 2.24) is 4.90 Å². The van der Waals surface area contributed by atoms with Crippen molar-refractivity contribution in [3.05, 3.63) is 35.4 Å². The highest BCUT2D eigenvalue weighted by atomic mass is 16.5. The predicted molar refractivity (Wildman–Crippen MR) is 80.2 cm³/mol. The molecule has 1 aromatic rings. The van der Waals surface area contributed by atoms with Gasteiger partial charge in [0.25, 0.3) is 0 Å². The Kier molecular flexibility index (Phi) is 5.90. The Morgan fingerprint density at radius 2 is 2.00 bits per heavy atom. The number of aromatic carboxylic acids is 1. The maximum atomic E-state index is 11.6. The summed E-state index contributed by atoms with van der Waals surface area (Å²) >= 11 is 0. The summed E-state index contributed by atoms with van der Waals surface area (Å²) in [6.45, 7) is 6.65. The van der Waals surface area contributed by atoms with Crippen molar-refractivity contribution in [1.29, 1.82) is 0 Å². The van der Waals surface area contributed by atoms with Gasteiger partial charge in [0.15, 0.2) is 0 Å². The molecule has 0 saturated heterocycles. The van der Waals surface area contributed by atoms with Gasteiger partial charge in [0.1, 0.15) is 0 Å². The number of esters is 1. The van der Waals surface area contributed by atoms with Crippen molar-refractivity contribution in [2.75, 3.05) is 13.7 Å². The number of carboxylic acids is 1. The second kappa shape index (κ2) is 7.22. The van der Waals surface area contributed by atoms with Crippen molar-refractivity contribution >= 4 is 11.9 Å². The molecule has 5 heteroatoms. The summed E-state index contributed by atoms with van der Waals surface area (Å²) in [5.74, 6) is -1.17. The molecule has 0 heterocycles. The lowest BCUT2D eigenvalue weighted by Gasteiger charge is -2.35. The molecular formula is C16H23NO4. The van der Waals surface area contributed by atoms with E-state index >= 15 is 0 Å². The van der Waals surface area contributed by atoms with Crippen LogP contribution in [0, 0.1) is 0 Å². The maximum Gasteiger partial charge on any atom is 0.335 e. The van der Waals surface area contributed by atoms with Gasteiger partial charge in [-0.05, 0) is 45.5 Å². The van der Waals surface area contributed by atoms with E-state index in [1.165, 1.54) is 0 Å². The number of benzene rings is 1. The highest BCUT2D eigenvalue weighted by Crippen LogP contribution is 2.21. The Balaban J connectivity index is 2.75. The van der Waals surface area contributed by atoms with E-state index in [0.717, 1.165) is 5.56 Å². The molecule has 0 aliphatic carbocycles. The molecule has 0 aliphatic rings. The Bertz CT molecular complexity index is 511. The van der Waals surface area contributed by atoms with E-state index in [0.29, 0.717) is 13.2 Å². The van der Waals surface area contributed by atoms with E-state index < -0.39 is 5.97 Å². The number of hydrogen-bond acceptors (Lipinski definition) is 4. The molecule has 0 bridgehead atoms. The Hall–Kier alpha value is -1.88. The SMILES string of the molecule is CCOC(=O)CC(C)(C)N(C)Cc1cccc(C(=O)O)c1. The maximum absolute atomic E-state index is 11.6. The summed E-state index contributed by atoms with van der Waals surface area (Å²) in [5, 5.41) is 9.01. The lowest BCUT2D eigenvalue weighted by atomic mass is 9.97. The average molecular weight is 293 g/mol. The van der Waals surface area contributed by atoms with Gasteiger partial charge in [-0.15, -0.1) is 0 Å². The van der Waals surface area contributed by atoms with Crippen LogP contribution in [0.3, 0.4) is 0 Å². The fourth-order valence-electron chi connectivity index (χ4n) is 1.99. The van der Waals surface area contributed by atoms with Crippen molar-refractivity contribution in [3.8, 4) is 0 Å². The third kappa shape index (κ3) is 5.19. The number of carbonyl (C=O) groups excluding carboxylic acids is 1. The number of carboxylic acid groups (broad SMARTS) is 1. The molecule has 116 valence electrons. The first kappa shape index (κ1) is 17.2. The summed E-state index contributed by atoms with van der Waals surface area (Å²) in [7, 11) is 1.91. The molecule has 0 spiro atoms. The summed E-state index contributed by atoms with van der Waals surface area (Å²) in [6, 6.07) is 6.82. The number of carbonyl (C=O) groups is 2. The third-order valence-electron chi connectivity index (χ3n) is 3.51. The lowest BCUT2D eigenvalue weighted by Crippen LogP contribution is -2.42. The van der Waals surface area contributed by atoms with Crippen LogP contribution in [0.4, 0.5) is 0 Å². The summed E-state index contributed by atoms with van der Waals surface area (Å²) < 4.78 is 4.99. The van der Waals surface area contributed by atoms with E-state index in [4.69, 9.17) is 9.84 Å². The van der Waals surface area contributed by atoms with Gasteiger partial charge in [-0.2, -0.15) is 0 Å². The summed E-state index contributed by atoms with van der Waals surface area (Å²) in [4.78, 5) is 24.6. The zero-order valence-electron chi connectivity index (χ0n) is 13.0. The van der Waals surface area contributed by atoms with Crippen molar-refractivity contribution in [2.24, 2.45) is 0 Å². The van der Waals surface area contributed by atoms with E-state index in [-0.39, 0.29) is 23.5 Å². The number of nitrogens with zero attached hydrogens (tertiary/aromatic N) is 1. The monoisotopic (exact) mass is 293 g/mol. The van der Waals surface area contributed by atoms with Crippen LogP contribution >= 0.6 is 0 Å². The minimum absolute atomic E-state index is 0.228. The Labute approximate surface area is 125 Å². The van der Waals surface area contributed by atoms with Crippen LogP contribution < -0.4 is 0 Å². The van der Waals surface area contributed by atoms with Gasteiger partial charge >= 0.3 is 11.9 Å². The van der Waals surface area contributed by atoms with E-state index in [2.05, 4.69) is 0 Å². The molecule has 1 aromatic carbocycles. The van der Waals surface area contributed by atoms with Gasteiger partial charge in [-0.25, -0.2) is 4.79 Å². The fraction of sp³-hybridized carbons (Fsp3) is 0.500. The highest BCUT2D eigenvalue weighted by molar-refractivity contribution is 5.87. The molecule has 0 fully saturated rings. The standard InChI is InChI=1S/C16H23NO4/c1-5-21-14(18)10-16(2,3)17(4)11-12-7-6-8-13(9-12)15(19)20/h6-9H,5,10-11H2,1-4H3,(H,19,20). The first-order valence-corrected chi connectivity index (χ1v) is 6.95. The molecule has 1 N–H and O–H groups in total. The van der Waals surface area contributed by atoms with Crippen LogP contribution in [0.25, 0.3) is 0 Å². The largest absolute Gasteiger partial charge is 0.478 e. The molecule has 0 amide bonds. The predicted octanol–water partition coefficient (Wildman–Crippen LogP) is 2.55. The molecule has 21 heavy (non-hydrogen) atoms. The van der Waals surface area contributed by atoms with Gasteiger partial charge in [0, 0.05) is 12.1 Å². The minimum atomic E-state index is -0.940. The zero-order valence-corrected chi connectivity index (χ0v) is 13.0. The van der Waals surface area contributed by atoms with Crippen molar-refractivity contribution in [2.45, 2.75) is 39.3 Å². The quantitative estimate of drug-likeness (QED) is 0.783. The van der Waals surface area contributed by atoms with Gasteiger partial charge in [-0.1, -0.05) is 12.1 Å². The van der Waals surface area contributed by atoms with Crippen molar-refractivity contribution in [3.63, 3.8) is 0 Å². The van der Waals surface area contributed by atoms with E-state index in [1.54, 1.807) is 25.1 Å². The molecule has 0 atom stereocenters. The second-order valence-electron chi connectivity index (χ2n) is 5.66. The fourth-order valence-corrected chi connectivity index (χ4v) is 1.99. The van der Waals surface area contributed by atoms with Crippen molar-refractivity contribution < 1.29 is 19.4 Å². The summed E-state index contributed by atoms with van der Waals surface area (Å²) in [6.07, 6.45) is 0.288. The Morgan fingerprint density at radius 1 is 1.33 bits per heavy atom. The molecule has 0 saturated carbocycles. The van der Waals surface area contributed by atoms with Crippen LogP contribution in [0.2, 0.25) is 0 Å². The topological polar surface area (TPSA) is 66.8 Å². The molecule has 5 nitrogen and oxygen atoms in total.